The second kappa shape index (κ2) is 7.13. The first-order valence-corrected chi connectivity index (χ1v) is 12.3. The minimum absolute atomic E-state index is 0.0408. The zero-order chi connectivity index (χ0) is 19.2. The van der Waals surface area contributed by atoms with Crippen molar-refractivity contribution in [3.63, 3.8) is 0 Å². The number of nitrogens with zero attached hydrogens (tertiary/aromatic N) is 1. The second-order valence-electron chi connectivity index (χ2n) is 7.71. The molecule has 0 unspecified atom stereocenters. The van der Waals surface area contributed by atoms with Crippen LogP contribution in [0, 0.1) is 13.8 Å². The highest BCUT2D eigenvalue weighted by Crippen LogP contribution is 2.31. The van der Waals surface area contributed by atoms with Crippen molar-refractivity contribution in [2.75, 3.05) is 17.3 Å². The lowest BCUT2D eigenvalue weighted by Gasteiger charge is -2.16. The van der Waals surface area contributed by atoms with Gasteiger partial charge in [-0.1, -0.05) is 6.07 Å². The van der Waals surface area contributed by atoms with E-state index in [1.807, 2.05) is 19.9 Å². The maximum atomic E-state index is 12.8. The second-order valence-corrected chi connectivity index (χ2v) is 11.0. The van der Waals surface area contributed by atoms with Gasteiger partial charge in [0, 0.05) is 27.9 Å². The summed E-state index contributed by atoms with van der Waals surface area (Å²) >= 11 is 1.59. The number of ketones is 1. The number of benzene rings is 1. The Hall–Kier alpha value is -1.53. The van der Waals surface area contributed by atoms with E-state index in [1.54, 1.807) is 11.8 Å². The lowest BCUT2D eigenvalue weighted by atomic mass is 10.1. The fraction of sp³-hybridized carbons (Fsp3) is 0.476. The molecule has 1 atom stereocenters. The average Bonchev–Trinajstić information content (AvgIpc) is 3.29. The van der Waals surface area contributed by atoms with Crippen molar-refractivity contribution in [2.24, 2.45) is 0 Å². The molecule has 2 heterocycles. The molecule has 1 aromatic carbocycles. The van der Waals surface area contributed by atoms with Crippen molar-refractivity contribution < 1.29 is 13.2 Å². The molecular weight excluding hydrogens is 378 g/mol. The van der Waals surface area contributed by atoms with Crippen LogP contribution in [0.4, 0.5) is 0 Å². The van der Waals surface area contributed by atoms with Crippen molar-refractivity contribution in [2.45, 2.75) is 50.5 Å². The van der Waals surface area contributed by atoms with E-state index in [2.05, 4.69) is 22.8 Å². The van der Waals surface area contributed by atoms with E-state index in [4.69, 9.17) is 0 Å². The summed E-state index contributed by atoms with van der Waals surface area (Å²) in [6, 6.07) is 8.43. The molecule has 6 heteroatoms. The van der Waals surface area contributed by atoms with Crippen LogP contribution in [-0.2, 0) is 22.7 Å². The molecule has 0 N–H and O–H groups in total. The molecule has 1 aliphatic carbocycles. The summed E-state index contributed by atoms with van der Waals surface area (Å²) in [5.74, 6) is 0.944. The van der Waals surface area contributed by atoms with E-state index in [0.717, 1.165) is 28.3 Å². The van der Waals surface area contributed by atoms with Gasteiger partial charge >= 0.3 is 0 Å². The van der Waals surface area contributed by atoms with Gasteiger partial charge in [0.25, 0.3) is 0 Å². The van der Waals surface area contributed by atoms with Gasteiger partial charge in [-0.15, -0.1) is 11.8 Å². The van der Waals surface area contributed by atoms with Gasteiger partial charge < -0.3 is 4.57 Å². The predicted octanol–water partition coefficient (Wildman–Crippen LogP) is 3.93. The lowest BCUT2D eigenvalue weighted by Crippen LogP contribution is -2.14. The number of hydrogen-bond donors (Lipinski definition) is 0. The van der Waals surface area contributed by atoms with Crippen LogP contribution in [0.3, 0.4) is 0 Å². The Kier molecular flexibility index (Phi) is 4.97. The molecular formula is C21H25NO3S2. The number of thioether (sulfide) groups is 1. The van der Waals surface area contributed by atoms with Crippen molar-refractivity contribution in [1.29, 1.82) is 0 Å². The summed E-state index contributed by atoms with van der Waals surface area (Å²) in [6.07, 6.45) is 4.17. The highest BCUT2D eigenvalue weighted by Gasteiger charge is 2.31. The molecule has 0 radical (unpaired) electrons. The Morgan fingerprint density at radius 3 is 2.70 bits per heavy atom. The molecule has 1 fully saturated rings. The van der Waals surface area contributed by atoms with E-state index >= 15 is 0 Å². The molecule has 4 nitrogen and oxygen atoms in total. The summed E-state index contributed by atoms with van der Waals surface area (Å²) < 4.78 is 25.7. The Morgan fingerprint density at radius 2 is 1.96 bits per heavy atom. The third-order valence-corrected chi connectivity index (χ3v) is 8.54. The highest BCUT2D eigenvalue weighted by molar-refractivity contribution is 8.00. The quantitative estimate of drug-likeness (QED) is 0.561. The van der Waals surface area contributed by atoms with E-state index in [1.165, 1.54) is 24.0 Å². The number of sulfone groups is 1. The zero-order valence-corrected chi connectivity index (χ0v) is 17.5. The number of fused-ring (bicyclic) bond motifs is 1. The number of aryl methyl sites for hydroxylation is 3. The molecule has 27 heavy (non-hydrogen) atoms. The topological polar surface area (TPSA) is 56.1 Å². The Balaban J connectivity index is 1.48. The number of carbonyl (C=O) groups excluding carboxylic acids is 1. The number of Topliss-reactive ketones (excluding diaryl/α,β-unsaturated/α-hetero) is 1. The largest absolute Gasteiger partial charge is 0.344 e. The standard InChI is InChI=1S/C21H25NO3S2/c1-14-10-20(15(2)22(14)18-8-9-27(24,25)13-18)21(23)12-26-19-7-6-16-4-3-5-17(16)11-19/h6-7,10-11,18H,3-5,8-9,12-13H2,1-2H3/t18-/m1/s1. The van der Waals surface area contributed by atoms with E-state index in [0.29, 0.717) is 12.2 Å². The molecule has 0 spiro atoms. The van der Waals surface area contributed by atoms with E-state index < -0.39 is 9.84 Å². The Morgan fingerprint density at radius 1 is 1.19 bits per heavy atom. The van der Waals surface area contributed by atoms with Gasteiger partial charge in [0.1, 0.15) is 0 Å². The zero-order valence-electron chi connectivity index (χ0n) is 15.8. The van der Waals surface area contributed by atoms with Crippen molar-refractivity contribution in [1.82, 2.24) is 4.57 Å². The van der Waals surface area contributed by atoms with Gasteiger partial charge in [-0.3, -0.25) is 4.79 Å². The highest BCUT2D eigenvalue weighted by atomic mass is 32.2. The van der Waals surface area contributed by atoms with Gasteiger partial charge in [0.2, 0.25) is 0 Å². The van der Waals surface area contributed by atoms with Gasteiger partial charge in [-0.25, -0.2) is 8.42 Å². The van der Waals surface area contributed by atoms with Crippen LogP contribution in [0.25, 0.3) is 0 Å². The van der Waals surface area contributed by atoms with Crippen molar-refractivity contribution in [3.05, 3.63) is 52.3 Å². The molecule has 0 amide bonds. The molecule has 4 rings (SSSR count). The molecule has 2 aromatic rings. The monoisotopic (exact) mass is 403 g/mol. The predicted molar refractivity (Wildman–Crippen MR) is 110 cm³/mol. The van der Waals surface area contributed by atoms with Gasteiger partial charge in [0.05, 0.1) is 17.3 Å². The van der Waals surface area contributed by atoms with Crippen LogP contribution in [0.2, 0.25) is 0 Å². The van der Waals surface area contributed by atoms with Crippen LogP contribution in [0.5, 0.6) is 0 Å². The summed E-state index contributed by atoms with van der Waals surface area (Å²) in [6.45, 7) is 3.90. The smallest absolute Gasteiger partial charge is 0.174 e. The minimum Gasteiger partial charge on any atom is -0.344 e. The normalized spacial score (nSPS) is 20.7. The number of carbonyl (C=O) groups is 1. The molecule has 2 aliphatic rings. The molecule has 1 saturated heterocycles. The van der Waals surface area contributed by atoms with Crippen molar-refractivity contribution >= 4 is 27.4 Å². The summed E-state index contributed by atoms with van der Waals surface area (Å²) in [5, 5.41) is 0. The Bertz CT molecular complexity index is 1000. The molecule has 1 aliphatic heterocycles. The van der Waals surface area contributed by atoms with Crippen LogP contribution in [-0.4, -0.2) is 36.0 Å². The first-order chi connectivity index (χ1) is 12.8. The van der Waals surface area contributed by atoms with Crippen LogP contribution < -0.4 is 0 Å². The van der Waals surface area contributed by atoms with Gasteiger partial charge in [0.15, 0.2) is 15.6 Å². The first-order valence-electron chi connectivity index (χ1n) is 9.51. The summed E-state index contributed by atoms with van der Waals surface area (Å²) in [4.78, 5) is 14.0. The summed E-state index contributed by atoms with van der Waals surface area (Å²) in [5.41, 5.74) is 5.47. The van der Waals surface area contributed by atoms with Crippen molar-refractivity contribution in [3.8, 4) is 0 Å². The third-order valence-electron chi connectivity index (χ3n) is 5.80. The van der Waals surface area contributed by atoms with E-state index in [-0.39, 0.29) is 23.3 Å². The fourth-order valence-electron chi connectivity index (χ4n) is 4.46. The number of rotatable bonds is 5. The van der Waals surface area contributed by atoms with E-state index in [9.17, 15) is 13.2 Å². The fourth-order valence-corrected chi connectivity index (χ4v) is 7.01. The summed E-state index contributed by atoms with van der Waals surface area (Å²) in [7, 11) is -2.95. The maximum absolute atomic E-state index is 12.8. The molecule has 0 saturated carbocycles. The molecule has 1 aromatic heterocycles. The van der Waals surface area contributed by atoms with Crippen LogP contribution in [0.15, 0.2) is 29.2 Å². The molecule has 0 bridgehead atoms. The third kappa shape index (κ3) is 3.74. The van der Waals surface area contributed by atoms with Gasteiger partial charge in [-0.2, -0.15) is 0 Å². The molecule has 144 valence electrons. The Labute approximate surface area is 165 Å². The first kappa shape index (κ1) is 18.8. The SMILES string of the molecule is Cc1cc(C(=O)CSc2ccc3c(c2)CCC3)c(C)n1[C@@H]1CCS(=O)(=O)C1. The number of aromatic nitrogens is 1. The lowest BCUT2D eigenvalue weighted by molar-refractivity contribution is 0.102. The van der Waals surface area contributed by atoms with Crippen LogP contribution in [0.1, 0.15) is 51.8 Å². The van der Waals surface area contributed by atoms with Crippen LogP contribution >= 0.6 is 11.8 Å². The average molecular weight is 404 g/mol. The number of hydrogen-bond acceptors (Lipinski definition) is 4. The van der Waals surface area contributed by atoms with Gasteiger partial charge in [-0.05, 0) is 68.9 Å². The maximum Gasteiger partial charge on any atom is 0.174 e. The minimum atomic E-state index is -2.95.